The fraction of sp³-hybridized carbons (Fsp3) is 0.600. The predicted molar refractivity (Wildman–Crippen MR) is 70.1 cm³/mol. The van der Waals surface area contributed by atoms with Crippen LogP contribution in [0.4, 0.5) is 0 Å². The Kier molecular flexibility index (Phi) is 4.08. The van der Waals surface area contributed by atoms with Gasteiger partial charge in [0.2, 0.25) is 0 Å². The van der Waals surface area contributed by atoms with E-state index in [1.807, 2.05) is 6.92 Å². The summed E-state index contributed by atoms with van der Waals surface area (Å²) in [5, 5.41) is 0. The van der Waals surface area contributed by atoms with Crippen molar-refractivity contribution >= 4 is 11.9 Å². The smallest absolute Gasteiger partial charge is 0.330 e. The first-order valence-corrected chi connectivity index (χ1v) is 6.94. The second kappa shape index (κ2) is 5.59. The van der Waals surface area contributed by atoms with Gasteiger partial charge in [0.25, 0.3) is 0 Å². The molecule has 0 aromatic heterocycles. The molecule has 2 aliphatic rings. The zero-order valence-electron chi connectivity index (χ0n) is 11.5. The molecule has 1 aliphatic carbocycles. The summed E-state index contributed by atoms with van der Waals surface area (Å²) in [6, 6.07) is 0. The topological polar surface area (TPSA) is 52.6 Å². The highest BCUT2D eigenvalue weighted by Gasteiger charge is 2.50. The second-order valence-electron chi connectivity index (χ2n) is 4.95. The largest absolute Gasteiger partial charge is 0.463 e. The summed E-state index contributed by atoms with van der Waals surface area (Å²) in [6.45, 7) is 4.07. The summed E-state index contributed by atoms with van der Waals surface area (Å²) in [5.41, 5.74) is 0.375. The van der Waals surface area contributed by atoms with Crippen molar-refractivity contribution < 1.29 is 19.1 Å². The van der Waals surface area contributed by atoms with E-state index < -0.39 is 5.41 Å². The van der Waals surface area contributed by atoms with Gasteiger partial charge < -0.3 is 9.47 Å². The van der Waals surface area contributed by atoms with Gasteiger partial charge in [-0.3, -0.25) is 4.79 Å². The molecule has 2 rings (SSSR count). The van der Waals surface area contributed by atoms with E-state index in [0.717, 1.165) is 31.3 Å². The zero-order valence-corrected chi connectivity index (χ0v) is 11.5. The first-order valence-electron chi connectivity index (χ1n) is 6.94. The monoisotopic (exact) mass is 264 g/mol. The molecule has 1 spiro atoms. The van der Waals surface area contributed by atoms with Crippen LogP contribution >= 0.6 is 0 Å². The molecule has 0 aromatic carbocycles. The highest BCUT2D eigenvalue weighted by Crippen LogP contribution is 2.51. The van der Waals surface area contributed by atoms with E-state index in [-0.39, 0.29) is 11.9 Å². The van der Waals surface area contributed by atoms with E-state index in [4.69, 9.17) is 9.47 Å². The first-order chi connectivity index (χ1) is 9.14. The molecule has 0 saturated heterocycles. The van der Waals surface area contributed by atoms with Crippen LogP contribution < -0.4 is 0 Å². The van der Waals surface area contributed by atoms with Crippen LogP contribution in [0, 0.1) is 5.41 Å². The fourth-order valence-corrected chi connectivity index (χ4v) is 2.95. The standard InChI is InChI=1S/C15H20O4/c1-3-12-11(7-8-13(16)18-4-2)15(14(17)19-12)9-5-6-10-15/h7-8H,3-6,9-10H2,1-2H3/b8-7+. The molecule has 19 heavy (non-hydrogen) atoms. The lowest BCUT2D eigenvalue weighted by molar-refractivity contribution is -0.145. The number of hydrogen-bond donors (Lipinski definition) is 0. The van der Waals surface area contributed by atoms with Crippen LogP contribution in [-0.2, 0) is 19.1 Å². The molecule has 1 fully saturated rings. The maximum absolute atomic E-state index is 12.1. The van der Waals surface area contributed by atoms with Crippen LogP contribution in [0.15, 0.2) is 23.5 Å². The molecular weight excluding hydrogens is 244 g/mol. The van der Waals surface area contributed by atoms with Gasteiger partial charge >= 0.3 is 11.9 Å². The average molecular weight is 264 g/mol. The van der Waals surface area contributed by atoms with Gasteiger partial charge in [-0.05, 0) is 25.8 Å². The number of rotatable bonds is 4. The number of carbonyl (C=O) groups excluding carboxylic acids is 2. The van der Waals surface area contributed by atoms with E-state index in [1.54, 1.807) is 13.0 Å². The number of carbonyl (C=O) groups is 2. The summed E-state index contributed by atoms with van der Waals surface area (Å²) in [6.07, 6.45) is 7.47. The van der Waals surface area contributed by atoms with Gasteiger partial charge in [0.1, 0.15) is 5.76 Å². The predicted octanol–water partition coefficient (Wildman–Crippen LogP) is 2.89. The lowest BCUT2D eigenvalue weighted by Gasteiger charge is -2.19. The highest BCUT2D eigenvalue weighted by atomic mass is 16.5. The van der Waals surface area contributed by atoms with Crippen LogP contribution in [0.5, 0.6) is 0 Å². The Labute approximate surface area is 113 Å². The molecule has 0 unspecified atom stereocenters. The number of hydrogen-bond acceptors (Lipinski definition) is 4. The molecule has 4 heteroatoms. The summed E-state index contributed by atoms with van der Waals surface area (Å²) in [7, 11) is 0. The maximum atomic E-state index is 12.1. The van der Waals surface area contributed by atoms with Crippen LogP contribution in [0.2, 0.25) is 0 Å². The normalized spacial score (nSPS) is 21.5. The van der Waals surface area contributed by atoms with Gasteiger partial charge in [0.05, 0.1) is 12.0 Å². The van der Waals surface area contributed by atoms with Crippen molar-refractivity contribution in [3.05, 3.63) is 23.5 Å². The second-order valence-corrected chi connectivity index (χ2v) is 4.95. The summed E-state index contributed by atoms with van der Waals surface area (Å²) in [4.78, 5) is 23.6. The van der Waals surface area contributed by atoms with Crippen LogP contribution in [-0.4, -0.2) is 18.5 Å². The third-order valence-electron chi connectivity index (χ3n) is 3.87. The molecular formula is C15H20O4. The van der Waals surface area contributed by atoms with Crippen molar-refractivity contribution in [2.45, 2.75) is 46.0 Å². The molecule has 0 bridgehead atoms. The van der Waals surface area contributed by atoms with Crippen molar-refractivity contribution in [2.75, 3.05) is 6.61 Å². The summed E-state index contributed by atoms with van der Waals surface area (Å²) < 4.78 is 10.3. The summed E-state index contributed by atoms with van der Waals surface area (Å²) >= 11 is 0. The highest BCUT2D eigenvalue weighted by molar-refractivity contribution is 5.88. The third kappa shape index (κ3) is 2.44. The Balaban J connectivity index is 2.27. The van der Waals surface area contributed by atoms with Gasteiger partial charge in [-0.15, -0.1) is 0 Å². The van der Waals surface area contributed by atoms with Gasteiger partial charge in [-0.1, -0.05) is 19.8 Å². The fourth-order valence-electron chi connectivity index (χ4n) is 2.95. The van der Waals surface area contributed by atoms with E-state index in [1.165, 1.54) is 6.08 Å². The van der Waals surface area contributed by atoms with E-state index in [2.05, 4.69) is 0 Å². The Morgan fingerprint density at radius 1 is 1.37 bits per heavy atom. The van der Waals surface area contributed by atoms with Gasteiger partial charge in [0, 0.05) is 18.1 Å². The molecule has 1 saturated carbocycles. The zero-order chi connectivity index (χ0) is 13.9. The molecule has 1 aliphatic heterocycles. The van der Waals surface area contributed by atoms with Crippen LogP contribution in [0.25, 0.3) is 0 Å². The average Bonchev–Trinajstić information content (AvgIpc) is 2.97. The molecule has 104 valence electrons. The number of esters is 2. The van der Waals surface area contributed by atoms with E-state index >= 15 is 0 Å². The van der Waals surface area contributed by atoms with Crippen molar-refractivity contribution in [3.63, 3.8) is 0 Å². The van der Waals surface area contributed by atoms with Crippen molar-refractivity contribution in [1.29, 1.82) is 0 Å². The summed E-state index contributed by atoms with van der Waals surface area (Å²) in [5.74, 6) is 0.177. The Morgan fingerprint density at radius 2 is 2.05 bits per heavy atom. The molecule has 0 amide bonds. The quantitative estimate of drug-likeness (QED) is 0.578. The van der Waals surface area contributed by atoms with Gasteiger partial charge in [-0.25, -0.2) is 4.79 Å². The molecule has 0 N–H and O–H groups in total. The Bertz CT molecular complexity index is 439. The number of allylic oxidation sites excluding steroid dienone is 2. The number of cyclic esters (lactones) is 1. The van der Waals surface area contributed by atoms with Crippen LogP contribution in [0.3, 0.4) is 0 Å². The van der Waals surface area contributed by atoms with Crippen molar-refractivity contribution in [2.24, 2.45) is 5.41 Å². The molecule has 0 aromatic rings. The molecule has 0 atom stereocenters. The Hall–Kier alpha value is -1.58. The van der Waals surface area contributed by atoms with E-state index in [0.29, 0.717) is 18.8 Å². The van der Waals surface area contributed by atoms with Crippen molar-refractivity contribution in [3.8, 4) is 0 Å². The maximum Gasteiger partial charge on any atom is 0.330 e. The minimum absolute atomic E-state index is 0.148. The van der Waals surface area contributed by atoms with E-state index in [9.17, 15) is 9.59 Å². The van der Waals surface area contributed by atoms with Crippen molar-refractivity contribution in [1.82, 2.24) is 0 Å². The SMILES string of the molecule is CCOC(=O)/C=C/C1=C(CC)OC(=O)C12CCCC2. The minimum Gasteiger partial charge on any atom is -0.463 e. The van der Waals surface area contributed by atoms with Gasteiger partial charge in [-0.2, -0.15) is 0 Å². The van der Waals surface area contributed by atoms with Crippen LogP contribution in [0.1, 0.15) is 46.0 Å². The Morgan fingerprint density at radius 3 is 2.63 bits per heavy atom. The van der Waals surface area contributed by atoms with Gasteiger partial charge in [0.15, 0.2) is 0 Å². The molecule has 0 radical (unpaired) electrons. The third-order valence-corrected chi connectivity index (χ3v) is 3.87. The lowest BCUT2D eigenvalue weighted by atomic mass is 9.79. The number of ether oxygens (including phenoxy) is 2. The molecule has 1 heterocycles. The lowest BCUT2D eigenvalue weighted by Crippen LogP contribution is -2.25. The first kappa shape index (κ1) is 13.8. The minimum atomic E-state index is -0.506. The molecule has 4 nitrogen and oxygen atoms in total.